The SMILES string of the molecule is O=C1OC(=O)C2([N+](=O)[O-])C1C1([N+](=O)[O-])C(=O)OC(=O)C21. The molecule has 12 heteroatoms. The van der Waals surface area contributed by atoms with E-state index >= 15 is 0 Å². The van der Waals surface area contributed by atoms with Gasteiger partial charge in [-0.25, -0.2) is 9.59 Å². The maximum absolute atomic E-state index is 11.5. The Bertz CT molecular complexity index is 586. The molecule has 0 amide bonds. The van der Waals surface area contributed by atoms with Gasteiger partial charge in [0.15, 0.2) is 0 Å². The Labute approximate surface area is 106 Å². The first kappa shape index (κ1) is 12.1. The van der Waals surface area contributed by atoms with E-state index in [4.69, 9.17) is 0 Å². The van der Waals surface area contributed by atoms with Crippen LogP contribution in [0.1, 0.15) is 0 Å². The third-order valence-electron chi connectivity index (χ3n) is 3.88. The number of hydrogen-bond donors (Lipinski definition) is 0. The van der Waals surface area contributed by atoms with Gasteiger partial charge in [0.1, 0.15) is 0 Å². The Hall–Kier alpha value is -2.92. The fraction of sp³-hybridized carbons (Fsp3) is 0.500. The molecule has 3 fully saturated rings. The third kappa shape index (κ3) is 0.801. The molecule has 0 N–H and O–H groups in total. The number of nitro groups is 2. The Kier molecular flexibility index (Phi) is 1.80. The molecule has 0 aromatic heterocycles. The van der Waals surface area contributed by atoms with Gasteiger partial charge < -0.3 is 9.47 Å². The van der Waals surface area contributed by atoms with Crippen molar-refractivity contribution >= 4 is 23.9 Å². The maximum atomic E-state index is 11.5. The fourth-order valence-corrected chi connectivity index (χ4v) is 3.13. The zero-order valence-corrected chi connectivity index (χ0v) is 9.13. The van der Waals surface area contributed by atoms with Crippen LogP contribution in [0.4, 0.5) is 0 Å². The lowest BCUT2D eigenvalue weighted by atomic mass is 9.48. The minimum Gasteiger partial charge on any atom is -0.387 e. The van der Waals surface area contributed by atoms with Gasteiger partial charge in [-0.1, -0.05) is 0 Å². The van der Waals surface area contributed by atoms with Crippen LogP contribution < -0.4 is 0 Å². The van der Waals surface area contributed by atoms with Crippen molar-refractivity contribution in [1.29, 1.82) is 0 Å². The van der Waals surface area contributed by atoms with Gasteiger partial charge in [-0.05, 0) is 0 Å². The third-order valence-corrected chi connectivity index (χ3v) is 3.88. The standard InChI is InChI=1S/C8H2N2O10/c11-3-1-7(9(15)16,5(13)19-3)2-4(12)20-6(14)8(1,2)10(17)18/h1-2H. The highest BCUT2D eigenvalue weighted by Gasteiger charge is 3.03. The van der Waals surface area contributed by atoms with Gasteiger partial charge in [0.2, 0.25) is 11.8 Å². The van der Waals surface area contributed by atoms with Crippen LogP contribution in [-0.4, -0.2) is 44.8 Å². The normalized spacial score (nSPS) is 41.4. The first-order chi connectivity index (χ1) is 9.23. The Morgan fingerprint density at radius 3 is 1.35 bits per heavy atom. The van der Waals surface area contributed by atoms with Crippen LogP contribution in [0, 0.1) is 32.1 Å². The molecule has 2 saturated heterocycles. The average Bonchev–Trinajstić information content (AvgIpc) is 2.58. The van der Waals surface area contributed by atoms with E-state index in [-0.39, 0.29) is 0 Å². The second kappa shape index (κ2) is 2.97. The zero-order chi connectivity index (χ0) is 15.0. The Morgan fingerprint density at radius 1 is 0.800 bits per heavy atom. The van der Waals surface area contributed by atoms with Crippen molar-refractivity contribution in [1.82, 2.24) is 0 Å². The van der Waals surface area contributed by atoms with E-state index in [1.165, 1.54) is 0 Å². The highest BCUT2D eigenvalue weighted by molar-refractivity contribution is 6.17. The molecule has 0 radical (unpaired) electrons. The lowest BCUT2D eigenvalue weighted by Gasteiger charge is -2.40. The quantitative estimate of drug-likeness (QED) is 0.227. The van der Waals surface area contributed by atoms with Crippen molar-refractivity contribution in [2.45, 2.75) is 11.1 Å². The Balaban J connectivity index is 2.33. The Morgan fingerprint density at radius 2 is 1.10 bits per heavy atom. The molecule has 12 nitrogen and oxygen atoms in total. The van der Waals surface area contributed by atoms with Gasteiger partial charge in [-0.15, -0.1) is 0 Å². The number of cyclic esters (lactones) is 4. The smallest absolute Gasteiger partial charge is 0.387 e. The molecule has 3 rings (SSSR count). The van der Waals surface area contributed by atoms with Gasteiger partial charge in [0, 0.05) is 9.85 Å². The molecule has 2 aliphatic heterocycles. The summed E-state index contributed by atoms with van der Waals surface area (Å²) in [6.45, 7) is 0. The van der Waals surface area contributed by atoms with Crippen LogP contribution in [0.25, 0.3) is 0 Å². The molecule has 0 bridgehead atoms. The van der Waals surface area contributed by atoms with E-state index < -0.39 is 56.6 Å². The van der Waals surface area contributed by atoms with Crippen LogP contribution in [0.5, 0.6) is 0 Å². The van der Waals surface area contributed by atoms with Crippen LogP contribution in [0.15, 0.2) is 0 Å². The van der Waals surface area contributed by atoms with Crippen molar-refractivity contribution in [2.24, 2.45) is 11.8 Å². The van der Waals surface area contributed by atoms with Crippen molar-refractivity contribution in [3.05, 3.63) is 20.2 Å². The summed E-state index contributed by atoms with van der Waals surface area (Å²) in [5.74, 6) is -11.2. The van der Waals surface area contributed by atoms with E-state index in [1.54, 1.807) is 0 Å². The van der Waals surface area contributed by atoms with Gasteiger partial charge in [0.05, 0.1) is 0 Å². The topological polar surface area (TPSA) is 173 Å². The number of hydrogen-bond acceptors (Lipinski definition) is 10. The van der Waals surface area contributed by atoms with E-state index in [2.05, 4.69) is 9.47 Å². The van der Waals surface area contributed by atoms with Crippen LogP contribution in [0.2, 0.25) is 0 Å². The second-order valence-corrected chi connectivity index (χ2v) is 4.45. The summed E-state index contributed by atoms with van der Waals surface area (Å²) in [6.07, 6.45) is 0. The number of ether oxygens (including phenoxy) is 2. The van der Waals surface area contributed by atoms with E-state index in [0.717, 1.165) is 0 Å². The molecular formula is C8H2N2O10. The zero-order valence-electron chi connectivity index (χ0n) is 9.13. The summed E-state index contributed by atoms with van der Waals surface area (Å²) in [6, 6.07) is 0. The fourth-order valence-electron chi connectivity index (χ4n) is 3.13. The maximum Gasteiger partial charge on any atom is 0.395 e. The average molecular weight is 286 g/mol. The molecule has 0 spiro atoms. The summed E-state index contributed by atoms with van der Waals surface area (Å²) in [5, 5.41) is 22.2. The van der Waals surface area contributed by atoms with E-state index in [9.17, 15) is 39.4 Å². The summed E-state index contributed by atoms with van der Waals surface area (Å²) < 4.78 is 8.07. The first-order valence-corrected chi connectivity index (χ1v) is 5.04. The lowest BCUT2D eigenvalue weighted by molar-refractivity contribution is -0.664. The van der Waals surface area contributed by atoms with Crippen molar-refractivity contribution in [3.8, 4) is 0 Å². The predicted molar refractivity (Wildman–Crippen MR) is 48.6 cm³/mol. The molecule has 0 atom stereocenters. The monoisotopic (exact) mass is 286 g/mol. The van der Waals surface area contributed by atoms with Crippen LogP contribution in [-0.2, 0) is 28.7 Å². The van der Waals surface area contributed by atoms with Gasteiger partial charge >= 0.3 is 35.0 Å². The minimum absolute atomic E-state index is 1.31. The molecule has 1 aliphatic carbocycles. The molecule has 0 aromatic rings. The molecule has 104 valence electrons. The molecule has 3 aliphatic rings. The summed E-state index contributed by atoms with van der Waals surface area (Å²) in [4.78, 5) is 65.7. The number of esters is 4. The van der Waals surface area contributed by atoms with E-state index in [1.807, 2.05) is 0 Å². The van der Waals surface area contributed by atoms with E-state index in [0.29, 0.717) is 0 Å². The van der Waals surface area contributed by atoms with Gasteiger partial charge in [-0.2, -0.15) is 0 Å². The number of carbonyl (C=O) groups is 4. The summed E-state index contributed by atoms with van der Waals surface area (Å²) >= 11 is 0. The number of fused-ring (bicyclic) bond motifs is 4. The summed E-state index contributed by atoms with van der Waals surface area (Å²) in [7, 11) is 0. The molecule has 2 heterocycles. The number of nitrogens with zero attached hydrogens (tertiary/aromatic N) is 2. The van der Waals surface area contributed by atoms with Crippen molar-refractivity contribution < 1.29 is 38.5 Å². The van der Waals surface area contributed by atoms with Crippen molar-refractivity contribution in [3.63, 3.8) is 0 Å². The largest absolute Gasteiger partial charge is 0.395 e. The molecule has 0 unspecified atom stereocenters. The molecule has 0 aromatic carbocycles. The van der Waals surface area contributed by atoms with Crippen LogP contribution in [0.3, 0.4) is 0 Å². The summed E-state index contributed by atoms with van der Waals surface area (Å²) in [5.41, 5.74) is -5.93. The molecular weight excluding hydrogens is 284 g/mol. The highest BCUT2D eigenvalue weighted by Crippen LogP contribution is 2.63. The number of carbonyl (C=O) groups excluding carboxylic acids is 4. The number of rotatable bonds is 2. The molecule has 20 heavy (non-hydrogen) atoms. The molecule has 1 saturated carbocycles. The minimum atomic E-state index is -2.96. The van der Waals surface area contributed by atoms with Gasteiger partial charge in [0.25, 0.3) is 0 Å². The van der Waals surface area contributed by atoms with Crippen molar-refractivity contribution in [2.75, 3.05) is 0 Å². The lowest BCUT2D eigenvalue weighted by Crippen LogP contribution is -2.82. The first-order valence-electron chi connectivity index (χ1n) is 5.04. The van der Waals surface area contributed by atoms with Gasteiger partial charge in [-0.3, -0.25) is 29.8 Å². The van der Waals surface area contributed by atoms with Crippen LogP contribution >= 0.6 is 0 Å². The second-order valence-electron chi connectivity index (χ2n) is 4.45. The highest BCUT2D eigenvalue weighted by atomic mass is 16.7. The predicted octanol–water partition coefficient (Wildman–Crippen LogP) is -2.57.